The van der Waals surface area contributed by atoms with Crippen LogP contribution in [0.15, 0.2) is 0 Å². The van der Waals surface area contributed by atoms with Crippen LogP contribution in [0.2, 0.25) is 0 Å². The molecule has 1 unspecified atom stereocenters. The second-order valence-electron chi connectivity index (χ2n) is 6.81. The topological polar surface area (TPSA) is 38.7 Å². The summed E-state index contributed by atoms with van der Waals surface area (Å²) in [5.41, 5.74) is -0.951. The van der Waals surface area contributed by atoms with Crippen molar-refractivity contribution in [2.45, 2.75) is 76.8 Å². The molecule has 0 radical (unpaired) electrons. The van der Waals surface area contributed by atoms with E-state index in [1.807, 2.05) is 6.92 Å². The summed E-state index contributed by atoms with van der Waals surface area (Å²) < 4.78 is 11.6. The first kappa shape index (κ1) is 13.3. The molecule has 1 N–H and O–H groups in total. The maximum absolute atomic E-state index is 10.7. The second-order valence-corrected chi connectivity index (χ2v) is 6.81. The Balaban J connectivity index is 2.04. The van der Waals surface area contributed by atoms with Gasteiger partial charge in [0.05, 0.1) is 22.9 Å². The van der Waals surface area contributed by atoms with Crippen molar-refractivity contribution in [1.82, 2.24) is 0 Å². The van der Waals surface area contributed by atoms with E-state index < -0.39 is 5.60 Å². The van der Waals surface area contributed by atoms with E-state index in [-0.39, 0.29) is 23.2 Å². The smallest absolute Gasteiger partial charge is 0.0753 e. The van der Waals surface area contributed by atoms with Crippen LogP contribution in [0.1, 0.15) is 53.9 Å². The van der Waals surface area contributed by atoms with E-state index in [0.29, 0.717) is 0 Å². The zero-order valence-electron chi connectivity index (χ0n) is 11.7. The Morgan fingerprint density at radius 3 is 2.18 bits per heavy atom. The lowest BCUT2D eigenvalue weighted by Crippen LogP contribution is -2.57. The number of rotatable bonds is 3. The molecule has 0 aromatic heterocycles. The van der Waals surface area contributed by atoms with E-state index in [0.717, 1.165) is 25.9 Å². The lowest BCUT2D eigenvalue weighted by atomic mass is 9.63. The van der Waals surface area contributed by atoms with Gasteiger partial charge >= 0.3 is 0 Å². The maximum Gasteiger partial charge on any atom is 0.0753 e. The summed E-state index contributed by atoms with van der Waals surface area (Å²) in [5, 5.41) is 10.7. The molecule has 2 fully saturated rings. The summed E-state index contributed by atoms with van der Waals surface area (Å²) in [5.74, 6) is 0.210. The Labute approximate surface area is 104 Å². The largest absolute Gasteiger partial charge is 0.389 e. The van der Waals surface area contributed by atoms with Crippen LogP contribution in [0.4, 0.5) is 0 Å². The van der Waals surface area contributed by atoms with Crippen LogP contribution in [0, 0.1) is 5.92 Å². The zero-order chi connectivity index (χ0) is 12.9. The van der Waals surface area contributed by atoms with E-state index in [4.69, 9.17) is 9.47 Å². The molecule has 1 aliphatic heterocycles. The number of hydrogen-bond donors (Lipinski definition) is 1. The van der Waals surface area contributed by atoms with Gasteiger partial charge in [-0.3, -0.25) is 0 Å². The molecule has 100 valence electrons. The highest BCUT2D eigenvalue weighted by molar-refractivity contribution is 5.09. The van der Waals surface area contributed by atoms with Crippen molar-refractivity contribution >= 4 is 0 Å². The molecule has 1 aliphatic carbocycles. The van der Waals surface area contributed by atoms with Crippen molar-refractivity contribution in [2.75, 3.05) is 6.61 Å². The van der Waals surface area contributed by atoms with Crippen molar-refractivity contribution in [3.05, 3.63) is 0 Å². The summed E-state index contributed by atoms with van der Waals surface area (Å²) in [6.07, 6.45) is 2.68. The summed E-state index contributed by atoms with van der Waals surface area (Å²) >= 11 is 0. The molecule has 3 heteroatoms. The normalized spacial score (nSPS) is 43.4. The summed E-state index contributed by atoms with van der Waals surface area (Å²) in [4.78, 5) is 0. The van der Waals surface area contributed by atoms with Gasteiger partial charge in [0.15, 0.2) is 0 Å². The van der Waals surface area contributed by atoms with Crippen molar-refractivity contribution in [1.29, 1.82) is 0 Å². The molecule has 17 heavy (non-hydrogen) atoms. The van der Waals surface area contributed by atoms with E-state index >= 15 is 0 Å². The van der Waals surface area contributed by atoms with Gasteiger partial charge in [0.25, 0.3) is 0 Å². The number of aliphatic hydroxyl groups is 1. The quantitative estimate of drug-likeness (QED) is 0.826. The predicted molar refractivity (Wildman–Crippen MR) is 66.9 cm³/mol. The van der Waals surface area contributed by atoms with Gasteiger partial charge in [0, 0.05) is 25.4 Å². The Kier molecular flexibility index (Phi) is 3.08. The van der Waals surface area contributed by atoms with Gasteiger partial charge in [-0.1, -0.05) is 0 Å². The predicted octanol–water partition coefficient (Wildman–Crippen LogP) is 2.51. The molecule has 0 aromatic carbocycles. The van der Waals surface area contributed by atoms with Crippen molar-refractivity contribution in [3.8, 4) is 0 Å². The van der Waals surface area contributed by atoms with Crippen molar-refractivity contribution in [2.24, 2.45) is 5.92 Å². The lowest BCUT2D eigenvalue weighted by molar-refractivity contribution is -0.190. The third-order valence-electron chi connectivity index (χ3n) is 4.29. The monoisotopic (exact) mass is 242 g/mol. The first-order valence-corrected chi connectivity index (χ1v) is 6.73. The first-order valence-electron chi connectivity index (χ1n) is 6.73. The highest BCUT2D eigenvalue weighted by atomic mass is 16.5. The molecule has 0 amide bonds. The van der Waals surface area contributed by atoms with Gasteiger partial charge in [0.2, 0.25) is 0 Å². The van der Waals surface area contributed by atoms with Crippen LogP contribution in [0.3, 0.4) is 0 Å². The van der Waals surface area contributed by atoms with Gasteiger partial charge in [-0.15, -0.1) is 0 Å². The number of hydrogen-bond acceptors (Lipinski definition) is 3. The molecule has 0 bridgehead atoms. The third-order valence-corrected chi connectivity index (χ3v) is 4.29. The van der Waals surface area contributed by atoms with Crippen LogP contribution in [-0.2, 0) is 9.47 Å². The second kappa shape index (κ2) is 3.94. The van der Waals surface area contributed by atoms with E-state index in [9.17, 15) is 5.11 Å². The molecule has 0 aromatic rings. The maximum atomic E-state index is 10.7. The lowest BCUT2D eigenvalue weighted by Gasteiger charge is -2.50. The Bertz CT molecular complexity index is 290. The number of ether oxygens (including phenoxy) is 2. The summed E-state index contributed by atoms with van der Waals surface area (Å²) in [7, 11) is 0. The Hall–Kier alpha value is -0.120. The van der Waals surface area contributed by atoms with Crippen molar-refractivity contribution in [3.63, 3.8) is 0 Å². The molecule has 2 rings (SSSR count). The minimum atomic E-state index is -0.586. The van der Waals surface area contributed by atoms with Crippen molar-refractivity contribution < 1.29 is 14.6 Å². The highest BCUT2D eigenvalue weighted by Gasteiger charge is 2.59. The third kappa shape index (κ3) is 2.38. The molecule has 1 saturated heterocycles. The van der Waals surface area contributed by atoms with Gasteiger partial charge in [-0.25, -0.2) is 0 Å². The van der Waals surface area contributed by atoms with Gasteiger partial charge in [-0.05, 0) is 41.0 Å². The molecule has 0 spiro atoms. The molecule has 2 aliphatic rings. The zero-order valence-corrected chi connectivity index (χ0v) is 11.7. The molecule has 1 saturated carbocycles. The molecule has 1 atom stereocenters. The van der Waals surface area contributed by atoms with Crippen LogP contribution in [-0.4, -0.2) is 34.6 Å². The average molecular weight is 242 g/mol. The van der Waals surface area contributed by atoms with E-state index in [1.54, 1.807) is 0 Å². The highest BCUT2D eigenvalue weighted by Crippen LogP contribution is 2.53. The van der Waals surface area contributed by atoms with E-state index in [2.05, 4.69) is 27.7 Å². The Morgan fingerprint density at radius 1 is 1.18 bits per heavy atom. The summed E-state index contributed by atoms with van der Waals surface area (Å²) in [6.45, 7) is 11.1. The fourth-order valence-corrected chi connectivity index (χ4v) is 3.77. The van der Waals surface area contributed by atoms with E-state index in [1.165, 1.54) is 0 Å². The minimum absolute atomic E-state index is 0.124. The van der Waals surface area contributed by atoms with Crippen LogP contribution in [0.25, 0.3) is 0 Å². The standard InChI is InChI=1S/C14H26O3/c1-6-16-10-7-14(15,8-10)11-9-12(2,3)17-13(11,4)5/h10-11,15H,6-9H2,1-5H3. The molecular formula is C14H26O3. The molecule has 3 nitrogen and oxygen atoms in total. The van der Waals surface area contributed by atoms with Gasteiger partial charge in [0.1, 0.15) is 0 Å². The van der Waals surface area contributed by atoms with Crippen LogP contribution in [0.5, 0.6) is 0 Å². The average Bonchev–Trinajstić information content (AvgIpc) is 2.32. The summed E-state index contributed by atoms with van der Waals surface area (Å²) in [6, 6.07) is 0. The Morgan fingerprint density at radius 2 is 1.76 bits per heavy atom. The fourth-order valence-electron chi connectivity index (χ4n) is 3.77. The molecule has 1 heterocycles. The minimum Gasteiger partial charge on any atom is -0.389 e. The van der Waals surface area contributed by atoms with Gasteiger partial charge in [-0.2, -0.15) is 0 Å². The van der Waals surface area contributed by atoms with Gasteiger partial charge < -0.3 is 14.6 Å². The SMILES string of the molecule is CCOC1CC(O)(C2CC(C)(C)OC2(C)C)C1. The van der Waals surface area contributed by atoms with Crippen LogP contribution < -0.4 is 0 Å². The molecular weight excluding hydrogens is 216 g/mol. The van der Waals surface area contributed by atoms with Crippen LogP contribution >= 0.6 is 0 Å². The fraction of sp³-hybridized carbons (Fsp3) is 1.00. The first-order chi connectivity index (χ1) is 7.69.